The summed E-state index contributed by atoms with van der Waals surface area (Å²) >= 11 is 9.27. The fourth-order valence-corrected chi connectivity index (χ4v) is 2.02. The second-order valence-corrected chi connectivity index (χ2v) is 5.47. The van der Waals surface area contributed by atoms with Crippen molar-refractivity contribution in [3.05, 3.63) is 39.8 Å². The predicted octanol–water partition coefficient (Wildman–Crippen LogP) is 3.69. The second-order valence-electron chi connectivity index (χ2n) is 4.31. The maximum absolute atomic E-state index is 5.92. The molecule has 0 aliphatic heterocycles. The van der Waals surface area contributed by atoms with E-state index in [-0.39, 0.29) is 6.10 Å². The van der Waals surface area contributed by atoms with Gasteiger partial charge in [0.2, 0.25) is 5.88 Å². The molecule has 0 saturated heterocycles. The average molecular weight is 358 g/mol. The Bertz CT molecular complexity index is 594. The van der Waals surface area contributed by atoms with Crippen molar-refractivity contribution in [1.82, 2.24) is 15.0 Å². The molecule has 0 fully saturated rings. The van der Waals surface area contributed by atoms with Gasteiger partial charge in [0.1, 0.15) is 17.3 Å². The summed E-state index contributed by atoms with van der Waals surface area (Å²) < 4.78 is 6.30. The van der Waals surface area contributed by atoms with Crippen LogP contribution in [0.3, 0.4) is 0 Å². The number of nitrogens with zero attached hydrogens (tertiary/aromatic N) is 3. The number of hydrogen-bond donors (Lipinski definition) is 1. The molecule has 0 aliphatic rings. The summed E-state index contributed by atoms with van der Waals surface area (Å²) in [4.78, 5) is 12.3. The number of rotatable bonds is 5. The van der Waals surface area contributed by atoms with Crippen molar-refractivity contribution in [2.45, 2.75) is 26.5 Å². The molecule has 5 nitrogen and oxygen atoms in total. The van der Waals surface area contributed by atoms with Gasteiger partial charge in [-0.1, -0.05) is 17.7 Å². The highest BCUT2D eigenvalue weighted by atomic mass is 79.9. The Morgan fingerprint density at radius 3 is 2.90 bits per heavy atom. The Morgan fingerprint density at radius 1 is 1.35 bits per heavy atom. The van der Waals surface area contributed by atoms with E-state index in [1.54, 1.807) is 6.20 Å². The largest absolute Gasteiger partial charge is 0.475 e. The summed E-state index contributed by atoms with van der Waals surface area (Å²) in [7, 11) is 0. The molecule has 0 saturated carbocycles. The molecule has 0 unspecified atom stereocenters. The summed E-state index contributed by atoms with van der Waals surface area (Å²) in [6, 6.07) is 3.82. The number of halogens is 2. The number of nitrogens with one attached hydrogen (secondary N) is 1. The Balaban J connectivity index is 2.13. The van der Waals surface area contributed by atoms with Crippen LogP contribution >= 0.6 is 27.5 Å². The first-order valence-corrected chi connectivity index (χ1v) is 7.25. The molecule has 7 heteroatoms. The van der Waals surface area contributed by atoms with E-state index in [9.17, 15) is 0 Å². The van der Waals surface area contributed by atoms with Crippen molar-refractivity contribution in [2.75, 3.05) is 5.32 Å². The molecule has 0 aliphatic carbocycles. The number of pyridine rings is 1. The lowest BCUT2D eigenvalue weighted by Crippen LogP contribution is -2.11. The fourth-order valence-electron chi connectivity index (χ4n) is 1.54. The standard InChI is InChI=1S/C13H14BrClN4O/c1-8(2)20-13-9(4-3-5-16-13)6-17-12-10(14)11(15)18-7-19-12/h3-5,7-8H,6H2,1-2H3,(H,17,18,19). The smallest absolute Gasteiger partial charge is 0.218 e. The minimum Gasteiger partial charge on any atom is -0.475 e. The van der Waals surface area contributed by atoms with Crippen LogP contribution in [0.1, 0.15) is 19.4 Å². The minimum absolute atomic E-state index is 0.0730. The molecule has 0 aromatic carbocycles. The van der Waals surface area contributed by atoms with Crippen molar-refractivity contribution in [3.8, 4) is 5.88 Å². The monoisotopic (exact) mass is 356 g/mol. The second kappa shape index (κ2) is 6.85. The first-order valence-electron chi connectivity index (χ1n) is 6.08. The molecule has 0 radical (unpaired) electrons. The summed E-state index contributed by atoms with van der Waals surface area (Å²) in [5.41, 5.74) is 0.947. The number of ether oxygens (including phenoxy) is 1. The average Bonchev–Trinajstić information content (AvgIpc) is 2.41. The van der Waals surface area contributed by atoms with E-state index in [2.05, 4.69) is 36.2 Å². The Morgan fingerprint density at radius 2 is 2.15 bits per heavy atom. The molecule has 20 heavy (non-hydrogen) atoms. The van der Waals surface area contributed by atoms with Crippen LogP contribution in [0.25, 0.3) is 0 Å². The van der Waals surface area contributed by atoms with E-state index < -0.39 is 0 Å². The van der Waals surface area contributed by atoms with E-state index in [0.29, 0.717) is 27.9 Å². The summed E-state index contributed by atoms with van der Waals surface area (Å²) in [5, 5.41) is 3.55. The van der Waals surface area contributed by atoms with E-state index in [1.165, 1.54) is 6.33 Å². The van der Waals surface area contributed by atoms with Crippen LogP contribution in [0.2, 0.25) is 5.15 Å². The van der Waals surface area contributed by atoms with Crippen LogP contribution < -0.4 is 10.1 Å². The highest BCUT2D eigenvalue weighted by Gasteiger charge is 2.09. The van der Waals surface area contributed by atoms with Gasteiger partial charge in [0, 0.05) is 18.3 Å². The summed E-state index contributed by atoms with van der Waals surface area (Å²) in [6.07, 6.45) is 3.19. The van der Waals surface area contributed by atoms with Gasteiger partial charge in [-0.3, -0.25) is 0 Å². The molecule has 2 aromatic rings. The molecule has 2 rings (SSSR count). The molecule has 0 amide bonds. The summed E-state index contributed by atoms with van der Waals surface area (Å²) in [6.45, 7) is 4.46. The maximum atomic E-state index is 5.92. The van der Waals surface area contributed by atoms with E-state index >= 15 is 0 Å². The summed E-state index contributed by atoms with van der Waals surface area (Å²) in [5.74, 6) is 1.25. The molecule has 2 heterocycles. The Hall–Kier alpha value is -1.40. The van der Waals surface area contributed by atoms with Gasteiger partial charge in [-0.2, -0.15) is 0 Å². The minimum atomic E-state index is 0.0730. The normalized spacial score (nSPS) is 10.7. The fraction of sp³-hybridized carbons (Fsp3) is 0.308. The van der Waals surface area contributed by atoms with Crippen molar-refractivity contribution in [1.29, 1.82) is 0 Å². The lowest BCUT2D eigenvalue weighted by molar-refractivity contribution is 0.230. The number of aromatic nitrogens is 3. The quantitative estimate of drug-likeness (QED) is 0.827. The highest BCUT2D eigenvalue weighted by Crippen LogP contribution is 2.27. The zero-order chi connectivity index (χ0) is 14.5. The Labute approximate surface area is 130 Å². The molecule has 0 spiro atoms. The van der Waals surface area contributed by atoms with E-state index in [1.807, 2.05) is 26.0 Å². The van der Waals surface area contributed by atoms with Gasteiger partial charge in [-0.15, -0.1) is 0 Å². The first kappa shape index (κ1) is 15.0. The van der Waals surface area contributed by atoms with Crippen molar-refractivity contribution < 1.29 is 4.74 Å². The van der Waals surface area contributed by atoms with E-state index in [0.717, 1.165) is 5.56 Å². The third kappa shape index (κ3) is 3.80. The third-order valence-corrected chi connectivity index (χ3v) is 3.66. The van der Waals surface area contributed by atoms with Gasteiger partial charge in [0.25, 0.3) is 0 Å². The van der Waals surface area contributed by atoms with Gasteiger partial charge in [0.05, 0.1) is 10.6 Å². The Kier molecular flexibility index (Phi) is 5.14. The van der Waals surface area contributed by atoms with Crippen molar-refractivity contribution >= 4 is 33.3 Å². The zero-order valence-electron chi connectivity index (χ0n) is 11.1. The van der Waals surface area contributed by atoms with Crippen LogP contribution in [0.5, 0.6) is 5.88 Å². The maximum Gasteiger partial charge on any atom is 0.218 e. The number of hydrogen-bond acceptors (Lipinski definition) is 5. The van der Waals surface area contributed by atoms with Gasteiger partial charge in [-0.25, -0.2) is 15.0 Å². The lowest BCUT2D eigenvalue weighted by atomic mass is 10.2. The van der Waals surface area contributed by atoms with Crippen LogP contribution in [-0.4, -0.2) is 21.1 Å². The molecule has 2 aromatic heterocycles. The first-order chi connectivity index (χ1) is 9.58. The van der Waals surface area contributed by atoms with Gasteiger partial charge < -0.3 is 10.1 Å². The van der Waals surface area contributed by atoms with Crippen molar-refractivity contribution in [2.24, 2.45) is 0 Å². The van der Waals surface area contributed by atoms with Crippen LogP contribution in [0.4, 0.5) is 5.82 Å². The van der Waals surface area contributed by atoms with Gasteiger partial charge in [-0.05, 0) is 35.8 Å². The topological polar surface area (TPSA) is 59.9 Å². The molecule has 0 bridgehead atoms. The number of anilines is 1. The van der Waals surface area contributed by atoms with Crippen LogP contribution in [0.15, 0.2) is 29.1 Å². The molecular weight excluding hydrogens is 344 g/mol. The SMILES string of the molecule is CC(C)Oc1ncccc1CNc1ncnc(Cl)c1Br. The highest BCUT2D eigenvalue weighted by molar-refractivity contribution is 9.10. The lowest BCUT2D eigenvalue weighted by Gasteiger charge is -2.14. The molecule has 106 valence electrons. The third-order valence-electron chi connectivity index (χ3n) is 2.39. The molecule has 0 atom stereocenters. The van der Waals surface area contributed by atoms with Crippen LogP contribution in [0, 0.1) is 0 Å². The molecular formula is C13H14BrClN4O. The van der Waals surface area contributed by atoms with Crippen molar-refractivity contribution in [3.63, 3.8) is 0 Å². The van der Waals surface area contributed by atoms with Crippen LogP contribution in [-0.2, 0) is 6.54 Å². The van der Waals surface area contributed by atoms with Gasteiger partial charge >= 0.3 is 0 Å². The zero-order valence-corrected chi connectivity index (χ0v) is 13.4. The van der Waals surface area contributed by atoms with E-state index in [4.69, 9.17) is 16.3 Å². The molecule has 1 N–H and O–H groups in total. The van der Waals surface area contributed by atoms with Gasteiger partial charge in [0.15, 0.2) is 0 Å². The predicted molar refractivity (Wildman–Crippen MR) is 82.1 cm³/mol.